The van der Waals surface area contributed by atoms with Crippen LogP contribution >= 0.6 is 11.3 Å². The number of hydrogen-bond donors (Lipinski definition) is 4. The molecule has 4 N–H and O–H groups in total. The lowest BCUT2D eigenvalue weighted by molar-refractivity contribution is 0.199. The molecule has 0 bridgehead atoms. The van der Waals surface area contributed by atoms with Gasteiger partial charge in [0.25, 0.3) is 0 Å². The molecule has 0 saturated carbocycles. The Morgan fingerprint density at radius 3 is 2.95 bits per heavy atom. The molecule has 6 nitrogen and oxygen atoms in total. The van der Waals surface area contributed by atoms with Crippen LogP contribution in [-0.4, -0.2) is 16.1 Å². The van der Waals surface area contributed by atoms with E-state index in [9.17, 15) is 14.7 Å². The molecule has 0 spiro atoms. The van der Waals surface area contributed by atoms with E-state index in [1.165, 1.54) is 0 Å². The lowest BCUT2D eigenvalue weighted by Crippen LogP contribution is -2.28. The molecule has 0 aliphatic rings. The first-order chi connectivity index (χ1) is 9.54. The van der Waals surface area contributed by atoms with Crippen molar-refractivity contribution in [3.05, 3.63) is 50.6 Å². The molecule has 1 aromatic carbocycles. The molecule has 20 heavy (non-hydrogen) atoms. The van der Waals surface area contributed by atoms with Crippen molar-refractivity contribution < 1.29 is 9.90 Å². The van der Waals surface area contributed by atoms with E-state index in [1.54, 1.807) is 36.6 Å². The molecular weight excluding hydrogens is 278 g/mol. The summed E-state index contributed by atoms with van der Waals surface area (Å²) in [6, 6.07) is 6.60. The van der Waals surface area contributed by atoms with Gasteiger partial charge in [-0.2, -0.15) is 0 Å². The van der Waals surface area contributed by atoms with E-state index in [2.05, 4.69) is 15.6 Å². The zero-order chi connectivity index (χ0) is 14.5. The summed E-state index contributed by atoms with van der Waals surface area (Å²) >= 11 is 1.05. The van der Waals surface area contributed by atoms with E-state index in [4.69, 9.17) is 0 Å². The van der Waals surface area contributed by atoms with Crippen LogP contribution in [0.3, 0.4) is 0 Å². The van der Waals surface area contributed by atoms with Crippen molar-refractivity contribution in [3.8, 4) is 0 Å². The predicted molar refractivity (Wildman–Crippen MR) is 77.9 cm³/mol. The lowest BCUT2D eigenvalue weighted by Gasteiger charge is -2.09. The van der Waals surface area contributed by atoms with Gasteiger partial charge in [-0.15, -0.1) is 0 Å². The van der Waals surface area contributed by atoms with E-state index in [0.717, 1.165) is 16.9 Å². The smallest absolute Gasteiger partial charge is 0.319 e. The minimum absolute atomic E-state index is 0.146. The van der Waals surface area contributed by atoms with Crippen molar-refractivity contribution in [3.63, 3.8) is 0 Å². The largest absolute Gasteiger partial charge is 0.389 e. The number of benzene rings is 1. The van der Waals surface area contributed by atoms with Gasteiger partial charge in [0.1, 0.15) is 0 Å². The van der Waals surface area contributed by atoms with Gasteiger partial charge in [0, 0.05) is 16.8 Å². The summed E-state index contributed by atoms with van der Waals surface area (Å²) in [5, 5.41) is 16.4. The first-order valence-corrected chi connectivity index (χ1v) is 6.92. The van der Waals surface area contributed by atoms with Crippen molar-refractivity contribution in [2.45, 2.75) is 19.6 Å². The quantitative estimate of drug-likeness (QED) is 0.692. The third-order valence-electron chi connectivity index (χ3n) is 2.64. The number of aromatic nitrogens is 1. The van der Waals surface area contributed by atoms with Crippen LogP contribution < -0.4 is 15.5 Å². The Bertz CT molecular complexity index is 648. The highest BCUT2D eigenvalue weighted by Gasteiger charge is 2.05. The van der Waals surface area contributed by atoms with Crippen LogP contribution in [0.25, 0.3) is 0 Å². The molecule has 7 heteroatoms. The Kier molecular flexibility index (Phi) is 4.54. The number of anilines is 1. The van der Waals surface area contributed by atoms with Gasteiger partial charge >= 0.3 is 10.9 Å². The number of aliphatic hydroxyl groups is 1. The van der Waals surface area contributed by atoms with E-state index in [-0.39, 0.29) is 17.4 Å². The van der Waals surface area contributed by atoms with E-state index in [0.29, 0.717) is 11.4 Å². The maximum Gasteiger partial charge on any atom is 0.319 e. The summed E-state index contributed by atoms with van der Waals surface area (Å²) in [4.78, 5) is 25.1. The molecule has 0 saturated heterocycles. The molecule has 0 fully saturated rings. The van der Waals surface area contributed by atoms with E-state index in [1.807, 2.05) is 0 Å². The third kappa shape index (κ3) is 3.94. The Hall–Kier alpha value is -2.12. The van der Waals surface area contributed by atoms with Crippen LogP contribution in [0.5, 0.6) is 0 Å². The molecule has 2 aromatic rings. The maximum atomic E-state index is 11.7. The van der Waals surface area contributed by atoms with Crippen LogP contribution in [0, 0.1) is 0 Å². The minimum Gasteiger partial charge on any atom is -0.389 e. The summed E-state index contributed by atoms with van der Waals surface area (Å²) in [6.07, 6.45) is -0.587. The Morgan fingerprint density at radius 2 is 2.30 bits per heavy atom. The monoisotopic (exact) mass is 293 g/mol. The highest BCUT2D eigenvalue weighted by Crippen LogP contribution is 2.16. The molecule has 2 amide bonds. The second kappa shape index (κ2) is 6.36. The summed E-state index contributed by atoms with van der Waals surface area (Å²) in [6.45, 7) is 1.91. The predicted octanol–water partition coefficient (Wildman–Crippen LogP) is 1.81. The molecule has 106 valence electrons. The zero-order valence-electron chi connectivity index (χ0n) is 10.8. The number of H-pyrrole nitrogens is 1. The second-order valence-corrected chi connectivity index (χ2v) is 5.12. The first kappa shape index (κ1) is 14.3. The van der Waals surface area contributed by atoms with Crippen molar-refractivity contribution in [1.29, 1.82) is 0 Å². The number of carbonyl (C=O) groups is 1. The standard InChI is InChI=1S/C13H15N3O3S/c1-8(17)9-3-2-4-10(5-9)15-12(18)14-6-11-7-20-13(19)16-11/h2-5,7-8,17H,6H2,1H3,(H,16,19)(H2,14,15,18). The second-order valence-electron chi connectivity index (χ2n) is 4.28. The highest BCUT2D eigenvalue weighted by molar-refractivity contribution is 7.07. The summed E-state index contributed by atoms with van der Waals surface area (Å²) in [7, 11) is 0. The Balaban J connectivity index is 1.91. The summed E-state index contributed by atoms with van der Waals surface area (Å²) in [5.74, 6) is 0. The minimum atomic E-state index is -0.587. The van der Waals surface area contributed by atoms with Crippen molar-refractivity contribution in [2.75, 3.05) is 5.32 Å². The SMILES string of the molecule is CC(O)c1cccc(NC(=O)NCc2csc(=O)[nH]2)c1. The summed E-state index contributed by atoms with van der Waals surface area (Å²) in [5.41, 5.74) is 1.98. The molecule has 1 atom stereocenters. The molecule has 0 aliphatic carbocycles. The highest BCUT2D eigenvalue weighted by atomic mass is 32.1. The molecule has 0 aliphatic heterocycles. The summed E-state index contributed by atoms with van der Waals surface area (Å²) < 4.78 is 0. The Labute approximate surface area is 119 Å². The number of nitrogens with one attached hydrogen (secondary N) is 3. The van der Waals surface area contributed by atoms with Gasteiger partial charge in [-0.3, -0.25) is 4.79 Å². The number of aliphatic hydroxyl groups excluding tert-OH is 1. The number of rotatable bonds is 4. The molecule has 2 rings (SSSR count). The van der Waals surface area contributed by atoms with Crippen LogP contribution in [0.2, 0.25) is 0 Å². The van der Waals surface area contributed by atoms with Crippen LogP contribution in [0.15, 0.2) is 34.4 Å². The van der Waals surface area contributed by atoms with Crippen LogP contribution in [0.1, 0.15) is 24.3 Å². The topological polar surface area (TPSA) is 94.2 Å². The van der Waals surface area contributed by atoms with Gasteiger partial charge in [0.05, 0.1) is 12.6 Å². The fourth-order valence-corrected chi connectivity index (χ4v) is 2.21. The number of aromatic amines is 1. The molecule has 1 unspecified atom stereocenters. The third-order valence-corrected chi connectivity index (χ3v) is 3.36. The van der Waals surface area contributed by atoms with Gasteiger partial charge < -0.3 is 20.7 Å². The van der Waals surface area contributed by atoms with Gasteiger partial charge in [0.15, 0.2) is 0 Å². The average Bonchev–Trinajstić information content (AvgIpc) is 2.82. The van der Waals surface area contributed by atoms with E-state index >= 15 is 0 Å². The fraction of sp³-hybridized carbons (Fsp3) is 0.231. The molecule has 1 aromatic heterocycles. The maximum absolute atomic E-state index is 11.7. The average molecular weight is 293 g/mol. The zero-order valence-corrected chi connectivity index (χ0v) is 11.7. The van der Waals surface area contributed by atoms with Gasteiger partial charge in [0.2, 0.25) is 0 Å². The van der Waals surface area contributed by atoms with Gasteiger partial charge in [-0.1, -0.05) is 23.5 Å². The fourth-order valence-electron chi connectivity index (χ4n) is 1.63. The number of hydrogen-bond acceptors (Lipinski definition) is 4. The van der Waals surface area contributed by atoms with Crippen molar-refractivity contribution in [1.82, 2.24) is 10.3 Å². The first-order valence-electron chi connectivity index (χ1n) is 6.04. The lowest BCUT2D eigenvalue weighted by atomic mass is 10.1. The van der Waals surface area contributed by atoms with Crippen molar-refractivity contribution in [2.24, 2.45) is 0 Å². The number of urea groups is 1. The van der Waals surface area contributed by atoms with Crippen LogP contribution in [-0.2, 0) is 6.54 Å². The van der Waals surface area contributed by atoms with Gasteiger partial charge in [-0.05, 0) is 24.6 Å². The van der Waals surface area contributed by atoms with Crippen LogP contribution in [0.4, 0.5) is 10.5 Å². The Morgan fingerprint density at radius 1 is 1.50 bits per heavy atom. The number of carbonyl (C=O) groups excluding carboxylic acids is 1. The van der Waals surface area contributed by atoms with E-state index < -0.39 is 6.10 Å². The molecule has 0 radical (unpaired) electrons. The molecule has 1 heterocycles. The number of amides is 2. The molecular formula is C13H15N3O3S. The van der Waals surface area contributed by atoms with Gasteiger partial charge in [-0.25, -0.2) is 4.79 Å². The van der Waals surface area contributed by atoms with Crippen molar-refractivity contribution >= 4 is 23.1 Å². The normalized spacial score (nSPS) is 11.9. The number of thiazole rings is 1.